The van der Waals surface area contributed by atoms with Gasteiger partial charge in [-0.05, 0) is 31.2 Å². The number of rotatable bonds is 5. The monoisotopic (exact) mass is 360 g/mol. The van der Waals surface area contributed by atoms with Crippen LogP contribution in [-0.4, -0.2) is 43.2 Å². The van der Waals surface area contributed by atoms with Gasteiger partial charge in [0.25, 0.3) is 0 Å². The van der Waals surface area contributed by atoms with E-state index in [0.717, 1.165) is 5.69 Å². The number of anilines is 1. The zero-order valence-corrected chi connectivity index (χ0v) is 14.8. The number of para-hydroxylation sites is 3. The molecule has 1 aliphatic rings. The normalized spacial score (nSPS) is 17.2. The van der Waals surface area contributed by atoms with Crippen molar-refractivity contribution < 1.29 is 14.3 Å². The van der Waals surface area contributed by atoms with Crippen LogP contribution >= 0.6 is 11.6 Å². The number of ether oxygens (including phenoxy) is 2. The van der Waals surface area contributed by atoms with Gasteiger partial charge >= 0.3 is 0 Å². The maximum atomic E-state index is 12.4. The third kappa shape index (κ3) is 4.65. The van der Waals surface area contributed by atoms with Crippen LogP contribution < -0.4 is 10.1 Å². The summed E-state index contributed by atoms with van der Waals surface area (Å²) in [5, 5.41) is 3.70. The largest absolute Gasteiger partial charge is 0.454 e. The minimum Gasteiger partial charge on any atom is -0.454 e. The van der Waals surface area contributed by atoms with Crippen LogP contribution in [-0.2, 0) is 9.53 Å². The highest BCUT2D eigenvalue weighted by Gasteiger charge is 2.21. The molecule has 2 aromatic rings. The zero-order valence-electron chi connectivity index (χ0n) is 14.1. The number of carbonyl (C=O) groups excluding carboxylic acids is 1. The molecule has 25 heavy (non-hydrogen) atoms. The number of benzene rings is 2. The SMILES string of the molecule is C[C@H]1CN(C(=O)CNc2ccccc2Oc2ccccc2Cl)CCO1. The first-order chi connectivity index (χ1) is 12.1. The summed E-state index contributed by atoms with van der Waals surface area (Å²) in [5.74, 6) is 1.24. The lowest BCUT2D eigenvalue weighted by molar-refractivity contribution is -0.136. The molecule has 1 atom stereocenters. The Kier molecular flexibility index (Phi) is 5.79. The van der Waals surface area contributed by atoms with Gasteiger partial charge in [0.15, 0.2) is 5.75 Å². The van der Waals surface area contributed by atoms with Crippen LogP contribution in [0.15, 0.2) is 48.5 Å². The van der Waals surface area contributed by atoms with E-state index in [-0.39, 0.29) is 18.6 Å². The molecule has 2 aromatic carbocycles. The molecule has 0 aromatic heterocycles. The number of hydrogen-bond acceptors (Lipinski definition) is 4. The van der Waals surface area contributed by atoms with Gasteiger partial charge in [0, 0.05) is 13.1 Å². The van der Waals surface area contributed by atoms with Crippen LogP contribution in [0.5, 0.6) is 11.5 Å². The van der Waals surface area contributed by atoms with Crippen LogP contribution in [0.2, 0.25) is 5.02 Å². The molecule has 0 unspecified atom stereocenters. The molecule has 0 spiro atoms. The standard InChI is InChI=1S/C19H21ClN2O3/c1-14-13-22(10-11-24-14)19(23)12-21-16-7-3-5-9-18(16)25-17-8-4-2-6-15(17)20/h2-9,14,21H,10-13H2,1H3/t14-/m0/s1. The summed E-state index contributed by atoms with van der Waals surface area (Å²) in [6.07, 6.45) is 0.0774. The molecule has 1 saturated heterocycles. The van der Waals surface area contributed by atoms with E-state index in [4.69, 9.17) is 21.1 Å². The molecule has 5 nitrogen and oxygen atoms in total. The van der Waals surface area contributed by atoms with Crippen LogP contribution in [0, 0.1) is 0 Å². The first-order valence-corrected chi connectivity index (χ1v) is 8.66. The van der Waals surface area contributed by atoms with Crippen molar-refractivity contribution in [2.45, 2.75) is 13.0 Å². The molecule has 0 radical (unpaired) electrons. The fourth-order valence-electron chi connectivity index (χ4n) is 2.68. The summed E-state index contributed by atoms with van der Waals surface area (Å²) < 4.78 is 11.4. The van der Waals surface area contributed by atoms with Gasteiger partial charge in [0.1, 0.15) is 5.75 Å². The van der Waals surface area contributed by atoms with Crippen molar-refractivity contribution in [2.24, 2.45) is 0 Å². The molecule has 0 aliphatic carbocycles. The molecular weight excluding hydrogens is 340 g/mol. The average Bonchev–Trinajstić information content (AvgIpc) is 2.62. The van der Waals surface area contributed by atoms with Gasteiger partial charge in [-0.15, -0.1) is 0 Å². The summed E-state index contributed by atoms with van der Waals surface area (Å²) in [5.41, 5.74) is 0.747. The minimum absolute atomic E-state index is 0.0442. The Morgan fingerprint density at radius 3 is 2.72 bits per heavy atom. The average molecular weight is 361 g/mol. The second kappa shape index (κ2) is 8.23. The lowest BCUT2D eigenvalue weighted by Gasteiger charge is -2.31. The fraction of sp³-hybridized carbons (Fsp3) is 0.316. The summed E-state index contributed by atoms with van der Waals surface area (Å²) in [7, 11) is 0. The van der Waals surface area contributed by atoms with E-state index in [1.807, 2.05) is 48.2 Å². The van der Waals surface area contributed by atoms with E-state index in [9.17, 15) is 4.79 Å². The Balaban J connectivity index is 1.65. The van der Waals surface area contributed by atoms with E-state index in [1.54, 1.807) is 12.1 Å². The van der Waals surface area contributed by atoms with Crippen LogP contribution in [0.3, 0.4) is 0 Å². The van der Waals surface area contributed by atoms with Crippen molar-refractivity contribution in [1.82, 2.24) is 4.90 Å². The Morgan fingerprint density at radius 1 is 1.24 bits per heavy atom. The fourth-order valence-corrected chi connectivity index (χ4v) is 2.85. The quantitative estimate of drug-likeness (QED) is 0.881. The maximum Gasteiger partial charge on any atom is 0.242 e. The molecule has 1 aliphatic heterocycles. The second-order valence-corrected chi connectivity index (χ2v) is 6.31. The number of nitrogens with zero attached hydrogens (tertiary/aromatic N) is 1. The summed E-state index contributed by atoms with van der Waals surface area (Å²) in [6, 6.07) is 14.8. The number of nitrogens with one attached hydrogen (secondary N) is 1. The van der Waals surface area contributed by atoms with Crippen molar-refractivity contribution in [2.75, 3.05) is 31.6 Å². The minimum atomic E-state index is 0.0442. The van der Waals surface area contributed by atoms with Gasteiger partial charge in [0.2, 0.25) is 5.91 Å². The van der Waals surface area contributed by atoms with E-state index in [0.29, 0.717) is 36.2 Å². The molecule has 0 bridgehead atoms. The van der Waals surface area contributed by atoms with E-state index >= 15 is 0 Å². The van der Waals surface area contributed by atoms with Gasteiger partial charge < -0.3 is 19.7 Å². The molecule has 132 valence electrons. The van der Waals surface area contributed by atoms with Crippen molar-refractivity contribution in [3.63, 3.8) is 0 Å². The maximum absolute atomic E-state index is 12.4. The third-order valence-electron chi connectivity index (χ3n) is 3.97. The molecule has 6 heteroatoms. The number of halogens is 1. The van der Waals surface area contributed by atoms with Crippen LogP contribution in [0.25, 0.3) is 0 Å². The molecular formula is C19H21ClN2O3. The van der Waals surface area contributed by atoms with E-state index < -0.39 is 0 Å². The van der Waals surface area contributed by atoms with Crippen LogP contribution in [0.1, 0.15) is 6.92 Å². The van der Waals surface area contributed by atoms with Gasteiger partial charge in [-0.1, -0.05) is 35.9 Å². The Morgan fingerprint density at radius 2 is 1.96 bits per heavy atom. The van der Waals surface area contributed by atoms with Crippen molar-refractivity contribution in [1.29, 1.82) is 0 Å². The van der Waals surface area contributed by atoms with Crippen molar-refractivity contribution in [3.05, 3.63) is 53.6 Å². The predicted molar refractivity (Wildman–Crippen MR) is 98.5 cm³/mol. The van der Waals surface area contributed by atoms with Crippen molar-refractivity contribution in [3.8, 4) is 11.5 Å². The number of carbonyl (C=O) groups is 1. The molecule has 1 fully saturated rings. The predicted octanol–water partition coefficient (Wildman–Crippen LogP) is 3.79. The second-order valence-electron chi connectivity index (χ2n) is 5.90. The Bertz CT molecular complexity index is 738. The van der Waals surface area contributed by atoms with Gasteiger partial charge in [0.05, 0.1) is 30.0 Å². The number of hydrogen-bond donors (Lipinski definition) is 1. The number of amides is 1. The molecule has 1 heterocycles. The third-order valence-corrected chi connectivity index (χ3v) is 4.28. The Labute approximate surface area is 152 Å². The topological polar surface area (TPSA) is 50.8 Å². The summed E-state index contributed by atoms with van der Waals surface area (Å²) in [4.78, 5) is 14.2. The molecule has 1 N–H and O–H groups in total. The van der Waals surface area contributed by atoms with E-state index in [1.165, 1.54) is 0 Å². The van der Waals surface area contributed by atoms with E-state index in [2.05, 4.69) is 5.32 Å². The molecule has 3 rings (SSSR count). The van der Waals surface area contributed by atoms with Crippen LogP contribution in [0.4, 0.5) is 5.69 Å². The van der Waals surface area contributed by atoms with Gasteiger partial charge in [-0.25, -0.2) is 0 Å². The highest BCUT2D eigenvalue weighted by atomic mass is 35.5. The first-order valence-electron chi connectivity index (χ1n) is 8.28. The Hall–Kier alpha value is -2.24. The summed E-state index contributed by atoms with van der Waals surface area (Å²) >= 11 is 6.15. The van der Waals surface area contributed by atoms with Gasteiger partial charge in [-0.3, -0.25) is 4.79 Å². The highest BCUT2D eigenvalue weighted by molar-refractivity contribution is 6.32. The lowest BCUT2D eigenvalue weighted by Crippen LogP contribution is -2.46. The molecule has 0 saturated carbocycles. The zero-order chi connectivity index (χ0) is 17.6. The first kappa shape index (κ1) is 17.6. The van der Waals surface area contributed by atoms with Gasteiger partial charge in [-0.2, -0.15) is 0 Å². The lowest BCUT2D eigenvalue weighted by atomic mass is 10.2. The van der Waals surface area contributed by atoms with Crippen molar-refractivity contribution >= 4 is 23.2 Å². The number of morpholine rings is 1. The highest BCUT2D eigenvalue weighted by Crippen LogP contribution is 2.33. The smallest absolute Gasteiger partial charge is 0.242 e. The summed E-state index contributed by atoms with van der Waals surface area (Å²) in [6.45, 7) is 4.01. The molecule has 1 amide bonds.